The van der Waals surface area contributed by atoms with Crippen molar-refractivity contribution in [3.63, 3.8) is 0 Å². The molecule has 0 radical (unpaired) electrons. The van der Waals surface area contributed by atoms with Crippen molar-refractivity contribution in [2.24, 2.45) is 0 Å². The van der Waals surface area contributed by atoms with Crippen LogP contribution in [0.25, 0.3) is 22.1 Å². The van der Waals surface area contributed by atoms with Crippen LogP contribution >= 0.6 is 11.6 Å². The Morgan fingerprint density at radius 3 is 2.24 bits per heavy atom. The number of amides is 1. The zero-order chi connectivity index (χ0) is 32.0. The number of hydrogen-bond acceptors (Lipinski definition) is 11. The second-order valence-electron chi connectivity index (χ2n) is 11.5. The van der Waals surface area contributed by atoms with Crippen LogP contribution in [0.4, 0.5) is 21.7 Å². The fourth-order valence-electron chi connectivity index (χ4n) is 6.02. The largest absolute Gasteiger partial charge is 0.376 e. The molecule has 16 heteroatoms. The average Bonchev–Trinajstić information content (AvgIpc) is 3.77. The number of rotatable bonds is 7. The third kappa shape index (κ3) is 7.10. The van der Waals surface area contributed by atoms with Crippen LogP contribution < -0.4 is 20.4 Å². The topological polar surface area (TPSA) is 160 Å². The molecule has 6 heterocycles. The van der Waals surface area contributed by atoms with Crippen LogP contribution in [0.3, 0.4) is 0 Å². The fourth-order valence-corrected chi connectivity index (χ4v) is 6.24. The highest BCUT2D eigenvalue weighted by atomic mass is 35.5. The van der Waals surface area contributed by atoms with Gasteiger partial charge in [-0.05, 0) is 50.4 Å². The molecule has 1 amide bonds. The van der Waals surface area contributed by atoms with Crippen molar-refractivity contribution < 1.29 is 9.18 Å². The Kier molecular flexibility index (Phi) is 9.68. The minimum absolute atomic E-state index is 0.0420. The number of nitrogens with zero attached hydrogens (tertiary/aromatic N) is 9. The Morgan fingerprint density at radius 1 is 0.957 bits per heavy atom. The second kappa shape index (κ2) is 14.2. The number of likely N-dealkylation sites (N-methyl/N-ethyl adjacent to an activating group) is 2. The number of piperidine rings is 2. The third-order valence-corrected chi connectivity index (χ3v) is 8.76. The molecule has 4 N–H and O–H groups in total. The van der Waals surface area contributed by atoms with Crippen LogP contribution in [0.1, 0.15) is 25.7 Å². The quantitative estimate of drug-likeness (QED) is 0.205. The van der Waals surface area contributed by atoms with E-state index in [0.29, 0.717) is 30.5 Å². The number of aromatic nitrogens is 8. The summed E-state index contributed by atoms with van der Waals surface area (Å²) >= 11 is 5.86. The Labute approximate surface area is 270 Å². The Bertz CT molecular complexity index is 1750. The number of likely N-dealkylation sites (tertiary alicyclic amines) is 1. The third-order valence-electron chi connectivity index (χ3n) is 8.54. The lowest BCUT2D eigenvalue weighted by atomic mass is 10.0. The summed E-state index contributed by atoms with van der Waals surface area (Å²) in [5.41, 5.74) is 1.96. The van der Waals surface area contributed by atoms with Gasteiger partial charge in [-0.3, -0.25) is 15.0 Å². The number of anilines is 3. The van der Waals surface area contributed by atoms with Gasteiger partial charge in [0.1, 0.15) is 30.1 Å². The van der Waals surface area contributed by atoms with Gasteiger partial charge < -0.3 is 25.3 Å². The molecule has 0 aliphatic carbocycles. The molecule has 0 saturated carbocycles. The number of halogens is 2. The van der Waals surface area contributed by atoms with E-state index in [1.165, 1.54) is 31.3 Å². The van der Waals surface area contributed by atoms with Gasteiger partial charge in [0.2, 0.25) is 5.91 Å². The van der Waals surface area contributed by atoms with E-state index in [0.717, 1.165) is 54.0 Å². The monoisotopic (exact) mass is 649 g/mol. The van der Waals surface area contributed by atoms with Gasteiger partial charge in [-0.1, -0.05) is 11.6 Å². The van der Waals surface area contributed by atoms with Crippen LogP contribution in [-0.2, 0) is 4.79 Å². The molecular formula is C30H37ClFN13O. The number of nitrogens with one attached hydrogen (secondary N) is 4. The molecule has 2 aliphatic rings. The lowest BCUT2D eigenvalue weighted by Gasteiger charge is -2.38. The first-order valence-corrected chi connectivity index (χ1v) is 15.7. The minimum atomic E-state index is -0.442. The minimum Gasteiger partial charge on any atom is -0.376 e. The summed E-state index contributed by atoms with van der Waals surface area (Å²) in [7, 11) is 4.06. The molecule has 5 aromatic rings. The zero-order valence-corrected chi connectivity index (χ0v) is 26.5. The normalized spacial score (nSPS) is 18.2. The van der Waals surface area contributed by atoms with Crippen LogP contribution in [0.2, 0.25) is 5.02 Å². The van der Waals surface area contributed by atoms with Crippen molar-refractivity contribution in [1.29, 1.82) is 0 Å². The van der Waals surface area contributed by atoms with Crippen molar-refractivity contribution in [2.75, 3.05) is 61.9 Å². The number of fused-ring (bicyclic) bond motifs is 2. The van der Waals surface area contributed by atoms with Crippen LogP contribution in [0.15, 0.2) is 43.2 Å². The summed E-state index contributed by atoms with van der Waals surface area (Å²) in [5.74, 6) is 1.26. The first-order valence-electron chi connectivity index (χ1n) is 15.3. The molecule has 2 fully saturated rings. The van der Waals surface area contributed by atoms with Crippen molar-refractivity contribution in [1.82, 2.24) is 50.5 Å². The van der Waals surface area contributed by atoms with Crippen molar-refractivity contribution in [3.05, 3.63) is 54.1 Å². The van der Waals surface area contributed by atoms with E-state index >= 15 is 0 Å². The van der Waals surface area contributed by atoms with Crippen LogP contribution in [-0.4, -0.2) is 110 Å². The van der Waals surface area contributed by atoms with E-state index in [9.17, 15) is 9.18 Å². The molecule has 14 nitrogen and oxygen atoms in total. The fraction of sp³-hybridized carbons (Fsp3) is 0.433. The number of benzene rings is 1. The number of H-pyrrole nitrogens is 2. The predicted octanol–water partition coefficient (Wildman–Crippen LogP) is 3.23. The van der Waals surface area contributed by atoms with Gasteiger partial charge in [0.05, 0.1) is 29.7 Å². The van der Waals surface area contributed by atoms with Gasteiger partial charge in [-0.2, -0.15) is 10.2 Å². The van der Waals surface area contributed by atoms with E-state index in [1.54, 1.807) is 24.8 Å². The molecule has 7 rings (SSSR count). The van der Waals surface area contributed by atoms with Gasteiger partial charge in [0, 0.05) is 56.5 Å². The Hall–Kier alpha value is -4.63. The summed E-state index contributed by atoms with van der Waals surface area (Å²) < 4.78 is 13.5. The van der Waals surface area contributed by atoms with Gasteiger partial charge >= 0.3 is 0 Å². The molecule has 2 aliphatic heterocycles. The number of carbonyl (C=O) groups excluding carboxylic acids is 1. The van der Waals surface area contributed by atoms with E-state index in [-0.39, 0.29) is 23.5 Å². The standard InChI is InChI=1S/C19H21ClFN7O.C11H16N6/c1-27(19-16-8-25-26-18(16)23-11-24-19)15-3-2-4-28(10-15)17(29)9-22-14-6-12(20)5-13(21)7-14;1-17(8-3-2-4-12-5-8)11-9-6-15-16-10(9)13-7-14-11/h5-8,11,15,22H,2-4,9-10H2,1H3,(H,23,24,25,26);6-8,12H,2-5H2,1H3,(H,13,14,15,16)/t15-;8-/m00/s1. The molecule has 0 bridgehead atoms. The molecular weight excluding hydrogens is 613 g/mol. The smallest absolute Gasteiger partial charge is 0.241 e. The molecule has 2 saturated heterocycles. The highest BCUT2D eigenvalue weighted by molar-refractivity contribution is 6.30. The van der Waals surface area contributed by atoms with Crippen molar-refractivity contribution in [3.8, 4) is 0 Å². The van der Waals surface area contributed by atoms with Crippen LogP contribution in [0.5, 0.6) is 0 Å². The highest BCUT2D eigenvalue weighted by Crippen LogP contribution is 2.26. The molecule has 1 aromatic carbocycles. The predicted molar refractivity (Wildman–Crippen MR) is 176 cm³/mol. The molecule has 0 spiro atoms. The maximum atomic E-state index is 13.5. The maximum absolute atomic E-state index is 13.5. The maximum Gasteiger partial charge on any atom is 0.241 e. The van der Waals surface area contributed by atoms with E-state index < -0.39 is 5.82 Å². The van der Waals surface area contributed by atoms with Gasteiger partial charge in [0.25, 0.3) is 0 Å². The first-order chi connectivity index (χ1) is 22.4. The van der Waals surface area contributed by atoms with E-state index in [4.69, 9.17) is 11.6 Å². The molecule has 0 unspecified atom stereocenters. The second-order valence-corrected chi connectivity index (χ2v) is 12.0. The zero-order valence-electron chi connectivity index (χ0n) is 25.7. The average molecular weight is 650 g/mol. The van der Waals surface area contributed by atoms with E-state index in [1.807, 2.05) is 11.9 Å². The molecule has 46 heavy (non-hydrogen) atoms. The summed E-state index contributed by atoms with van der Waals surface area (Å²) in [5, 5.41) is 22.3. The lowest BCUT2D eigenvalue weighted by molar-refractivity contribution is -0.130. The molecule has 4 aromatic heterocycles. The van der Waals surface area contributed by atoms with Crippen molar-refractivity contribution in [2.45, 2.75) is 37.8 Å². The SMILES string of the molecule is CN(c1ncnc2[nH]ncc12)[C@H]1CCCN(C(=O)CNc2cc(F)cc(Cl)c2)C1.CN(c1ncnc2[nH]ncc12)[C@H]1CCCNC1. The van der Waals surface area contributed by atoms with Crippen molar-refractivity contribution >= 4 is 56.9 Å². The molecule has 2 atom stereocenters. The number of aromatic amines is 2. The van der Waals surface area contributed by atoms with Gasteiger partial charge in [0.15, 0.2) is 11.3 Å². The van der Waals surface area contributed by atoms with Gasteiger partial charge in [-0.25, -0.2) is 24.3 Å². The van der Waals surface area contributed by atoms with Crippen LogP contribution in [0, 0.1) is 5.82 Å². The summed E-state index contributed by atoms with van der Waals surface area (Å²) in [6.45, 7) is 3.49. The highest BCUT2D eigenvalue weighted by Gasteiger charge is 2.28. The van der Waals surface area contributed by atoms with Gasteiger partial charge in [-0.15, -0.1) is 0 Å². The number of hydrogen-bond donors (Lipinski definition) is 4. The summed E-state index contributed by atoms with van der Waals surface area (Å²) in [6.07, 6.45) is 10.9. The lowest BCUT2D eigenvalue weighted by Crippen LogP contribution is -2.50. The Balaban J connectivity index is 0.000000185. The van der Waals surface area contributed by atoms with E-state index in [2.05, 4.69) is 67.8 Å². The number of carbonyl (C=O) groups is 1. The molecule has 242 valence electrons. The summed E-state index contributed by atoms with van der Waals surface area (Å²) in [6, 6.07) is 4.76. The first kappa shape index (κ1) is 31.4. The Morgan fingerprint density at radius 2 is 1.61 bits per heavy atom. The summed E-state index contributed by atoms with van der Waals surface area (Å²) in [4.78, 5) is 36.0.